The molecule has 1 unspecified atom stereocenters. The van der Waals surface area contributed by atoms with E-state index in [1.165, 1.54) is 13.8 Å². The van der Waals surface area contributed by atoms with Gasteiger partial charge in [0.25, 0.3) is 0 Å². The van der Waals surface area contributed by atoms with E-state index < -0.39 is 22.2 Å². The molecule has 2 N–H and O–H groups in total. The molecule has 0 aromatic rings. The molecule has 5 heteroatoms. The molecule has 0 aliphatic heterocycles. The van der Waals surface area contributed by atoms with E-state index in [4.69, 9.17) is 10.2 Å². The van der Waals surface area contributed by atoms with E-state index in [1.807, 2.05) is 0 Å². The predicted octanol–water partition coefficient (Wildman–Crippen LogP) is 0.945. The van der Waals surface area contributed by atoms with Crippen molar-refractivity contribution in [3.8, 4) is 0 Å². The SMILES string of the molecule is CC(C)(C(=O)O)C(Br)C(=O)O. The van der Waals surface area contributed by atoms with Gasteiger partial charge < -0.3 is 10.2 Å². The molecule has 0 amide bonds. The van der Waals surface area contributed by atoms with Gasteiger partial charge in [0.05, 0.1) is 5.41 Å². The summed E-state index contributed by atoms with van der Waals surface area (Å²) < 4.78 is 0. The van der Waals surface area contributed by atoms with Crippen LogP contribution in [0, 0.1) is 5.41 Å². The van der Waals surface area contributed by atoms with Crippen LogP contribution in [0.3, 0.4) is 0 Å². The van der Waals surface area contributed by atoms with Gasteiger partial charge in [-0.05, 0) is 13.8 Å². The second kappa shape index (κ2) is 3.21. The highest BCUT2D eigenvalue weighted by molar-refractivity contribution is 9.10. The number of hydrogen-bond donors (Lipinski definition) is 2. The summed E-state index contributed by atoms with van der Waals surface area (Å²) in [5, 5.41) is 17.0. The summed E-state index contributed by atoms with van der Waals surface area (Å²) in [7, 11) is 0. The van der Waals surface area contributed by atoms with Crippen molar-refractivity contribution in [1.29, 1.82) is 0 Å². The van der Waals surface area contributed by atoms with E-state index in [2.05, 4.69) is 15.9 Å². The zero-order valence-corrected chi connectivity index (χ0v) is 7.75. The largest absolute Gasteiger partial charge is 0.481 e. The van der Waals surface area contributed by atoms with Gasteiger partial charge in [0.15, 0.2) is 0 Å². The second-order valence-electron chi connectivity index (χ2n) is 2.73. The number of carbonyl (C=O) groups is 2. The molecule has 0 radical (unpaired) electrons. The van der Waals surface area contributed by atoms with Crippen molar-refractivity contribution < 1.29 is 19.8 Å². The van der Waals surface area contributed by atoms with E-state index in [0.717, 1.165) is 0 Å². The van der Waals surface area contributed by atoms with Crippen molar-refractivity contribution in [2.24, 2.45) is 5.41 Å². The molecule has 11 heavy (non-hydrogen) atoms. The number of alkyl halides is 1. The highest BCUT2D eigenvalue weighted by Gasteiger charge is 2.39. The summed E-state index contributed by atoms with van der Waals surface area (Å²) in [5.74, 6) is -2.31. The number of rotatable bonds is 3. The third-order valence-electron chi connectivity index (χ3n) is 1.40. The van der Waals surface area contributed by atoms with Crippen LogP contribution in [0.5, 0.6) is 0 Å². The lowest BCUT2D eigenvalue weighted by Gasteiger charge is -2.21. The maximum absolute atomic E-state index is 10.5. The van der Waals surface area contributed by atoms with Gasteiger partial charge in [-0.3, -0.25) is 9.59 Å². The summed E-state index contributed by atoms with van der Waals surface area (Å²) in [4.78, 5) is 19.8. The average molecular weight is 225 g/mol. The van der Waals surface area contributed by atoms with Crippen molar-refractivity contribution in [3.63, 3.8) is 0 Å². The van der Waals surface area contributed by atoms with Crippen LogP contribution in [0.1, 0.15) is 13.8 Å². The normalized spacial score (nSPS) is 14.1. The topological polar surface area (TPSA) is 74.6 Å². The second-order valence-corrected chi connectivity index (χ2v) is 3.64. The van der Waals surface area contributed by atoms with Crippen LogP contribution < -0.4 is 0 Å². The highest BCUT2D eigenvalue weighted by atomic mass is 79.9. The molecular formula is C6H9BrO4. The van der Waals surface area contributed by atoms with Gasteiger partial charge in [0.1, 0.15) is 4.83 Å². The molecule has 0 aromatic heterocycles. The minimum absolute atomic E-state index is 1.06. The fourth-order valence-corrected chi connectivity index (χ4v) is 0.613. The van der Waals surface area contributed by atoms with E-state index in [-0.39, 0.29) is 0 Å². The van der Waals surface area contributed by atoms with Gasteiger partial charge in [-0.2, -0.15) is 0 Å². The van der Waals surface area contributed by atoms with Crippen LogP contribution in [0.15, 0.2) is 0 Å². The van der Waals surface area contributed by atoms with Crippen LogP contribution in [-0.4, -0.2) is 27.0 Å². The first-order chi connectivity index (χ1) is 4.80. The number of carboxylic acid groups (broad SMARTS) is 2. The van der Waals surface area contributed by atoms with Gasteiger partial charge in [-0.1, -0.05) is 15.9 Å². The summed E-state index contributed by atoms with van der Waals surface area (Å²) in [5.41, 5.74) is -1.29. The smallest absolute Gasteiger partial charge is 0.318 e. The molecule has 0 fully saturated rings. The fourth-order valence-electron chi connectivity index (χ4n) is 0.417. The average Bonchev–Trinajstić information content (AvgIpc) is 1.85. The minimum Gasteiger partial charge on any atom is -0.481 e. The first kappa shape index (κ1) is 10.4. The zero-order chi connectivity index (χ0) is 9.23. The Hall–Kier alpha value is -0.580. The molecule has 0 aliphatic rings. The lowest BCUT2D eigenvalue weighted by molar-refractivity contribution is -0.152. The molecule has 0 heterocycles. The van der Waals surface area contributed by atoms with E-state index in [0.29, 0.717) is 0 Å². The Morgan fingerprint density at radius 1 is 1.36 bits per heavy atom. The van der Waals surface area contributed by atoms with Crippen LogP contribution >= 0.6 is 15.9 Å². The molecule has 1 atom stereocenters. The van der Waals surface area contributed by atoms with Gasteiger partial charge in [-0.15, -0.1) is 0 Å². The number of carboxylic acids is 2. The molecule has 64 valence electrons. The molecule has 0 aromatic carbocycles. The van der Waals surface area contributed by atoms with Crippen molar-refractivity contribution in [2.75, 3.05) is 0 Å². The number of hydrogen-bond acceptors (Lipinski definition) is 2. The Kier molecular flexibility index (Phi) is 3.04. The van der Waals surface area contributed by atoms with Gasteiger partial charge in [-0.25, -0.2) is 0 Å². The van der Waals surface area contributed by atoms with Gasteiger partial charge >= 0.3 is 11.9 Å². The van der Waals surface area contributed by atoms with Crippen molar-refractivity contribution >= 4 is 27.9 Å². The first-order valence-corrected chi connectivity index (χ1v) is 3.82. The third kappa shape index (κ3) is 2.18. The Bertz CT molecular complexity index is 187. The summed E-state index contributed by atoms with van der Waals surface area (Å²) in [6, 6.07) is 0. The standard InChI is InChI=1S/C6H9BrO4/c1-6(2,5(10)11)3(7)4(8)9/h3H,1-2H3,(H,8,9)(H,10,11). The minimum atomic E-state index is -1.29. The Morgan fingerprint density at radius 2 is 1.73 bits per heavy atom. The monoisotopic (exact) mass is 224 g/mol. The fraction of sp³-hybridized carbons (Fsp3) is 0.667. The summed E-state index contributed by atoms with van der Waals surface area (Å²) in [6.45, 7) is 2.70. The maximum atomic E-state index is 10.5. The molecule has 0 aliphatic carbocycles. The lowest BCUT2D eigenvalue weighted by Crippen LogP contribution is -2.38. The van der Waals surface area contributed by atoms with E-state index >= 15 is 0 Å². The Balaban J connectivity index is 4.55. The van der Waals surface area contributed by atoms with Crippen LogP contribution in [0.25, 0.3) is 0 Å². The molecule has 0 saturated heterocycles. The highest BCUT2D eigenvalue weighted by Crippen LogP contribution is 2.27. The van der Waals surface area contributed by atoms with E-state index in [9.17, 15) is 9.59 Å². The molecule has 0 rings (SSSR count). The maximum Gasteiger partial charge on any atom is 0.318 e. The number of halogens is 1. The molecule has 0 bridgehead atoms. The Labute approximate surface area is 72.3 Å². The van der Waals surface area contributed by atoms with Crippen molar-refractivity contribution in [1.82, 2.24) is 0 Å². The summed E-state index contributed by atoms with van der Waals surface area (Å²) >= 11 is 2.78. The predicted molar refractivity (Wildman–Crippen MR) is 41.8 cm³/mol. The van der Waals surface area contributed by atoms with Crippen LogP contribution in [0.2, 0.25) is 0 Å². The lowest BCUT2D eigenvalue weighted by atomic mass is 9.90. The summed E-state index contributed by atoms with van der Waals surface area (Å²) in [6.07, 6.45) is 0. The quantitative estimate of drug-likeness (QED) is 0.701. The van der Waals surface area contributed by atoms with Gasteiger partial charge in [0, 0.05) is 0 Å². The molecule has 0 spiro atoms. The molecular weight excluding hydrogens is 216 g/mol. The zero-order valence-electron chi connectivity index (χ0n) is 6.17. The van der Waals surface area contributed by atoms with Gasteiger partial charge in [0.2, 0.25) is 0 Å². The Morgan fingerprint density at radius 3 is 1.82 bits per heavy atom. The van der Waals surface area contributed by atoms with Crippen LogP contribution in [-0.2, 0) is 9.59 Å². The first-order valence-electron chi connectivity index (χ1n) is 2.90. The van der Waals surface area contributed by atoms with Crippen molar-refractivity contribution in [2.45, 2.75) is 18.7 Å². The molecule has 0 saturated carbocycles. The third-order valence-corrected chi connectivity index (χ3v) is 2.94. The number of aliphatic carboxylic acids is 2. The van der Waals surface area contributed by atoms with Crippen molar-refractivity contribution in [3.05, 3.63) is 0 Å². The molecule has 4 nitrogen and oxygen atoms in total. The van der Waals surface area contributed by atoms with E-state index in [1.54, 1.807) is 0 Å². The van der Waals surface area contributed by atoms with Crippen LogP contribution in [0.4, 0.5) is 0 Å².